The van der Waals surface area contributed by atoms with Crippen molar-refractivity contribution in [1.82, 2.24) is 9.97 Å². The van der Waals surface area contributed by atoms with Crippen LogP contribution in [-0.4, -0.2) is 22.4 Å². The number of nitrogens with zero attached hydrogens (tertiary/aromatic N) is 3. The second-order valence-corrected chi connectivity index (χ2v) is 4.43. The maximum Gasteiger partial charge on any atom is 0.278 e. The summed E-state index contributed by atoms with van der Waals surface area (Å²) in [4.78, 5) is 22.1. The Morgan fingerprint density at radius 2 is 2.22 bits per heavy atom. The van der Waals surface area contributed by atoms with Crippen LogP contribution in [0.1, 0.15) is 21.6 Å². The molecule has 4 heteroatoms. The van der Waals surface area contributed by atoms with Gasteiger partial charge in [0.1, 0.15) is 5.69 Å². The highest BCUT2D eigenvalue weighted by Crippen LogP contribution is 2.29. The Morgan fingerprint density at radius 1 is 1.33 bits per heavy atom. The summed E-state index contributed by atoms with van der Waals surface area (Å²) in [5.74, 6) is -0.0781. The van der Waals surface area contributed by atoms with Crippen LogP contribution in [0, 0.1) is 6.92 Å². The molecule has 3 rings (SSSR count). The molecule has 2 aromatic rings. The zero-order valence-corrected chi connectivity index (χ0v) is 10.1. The number of hydrogen-bond donors (Lipinski definition) is 0. The topological polar surface area (TPSA) is 46.1 Å². The fraction of sp³-hybridized carbons (Fsp3) is 0.214. The number of benzene rings is 1. The van der Waals surface area contributed by atoms with Crippen molar-refractivity contribution in [3.05, 3.63) is 53.6 Å². The smallest absolute Gasteiger partial charge is 0.278 e. The summed E-state index contributed by atoms with van der Waals surface area (Å²) in [5.41, 5.74) is 3.84. The van der Waals surface area contributed by atoms with Crippen molar-refractivity contribution in [2.24, 2.45) is 0 Å². The van der Waals surface area contributed by atoms with E-state index in [9.17, 15) is 4.79 Å². The van der Waals surface area contributed by atoms with Crippen LogP contribution < -0.4 is 4.90 Å². The Kier molecular flexibility index (Phi) is 2.55. The summed E-state index contributed by atoms with van der Waals surface area (Å²) >= 11 is 0. The molecule has 0 radical (unpaired) electrons. The summed E-state index contributed by atoms with van der Waals surface area (Å²) in [6.45, 7) is 2.78. The first kappa shape index (κ1) is 10.9. The SMILES string of the molecule is Cc1ccc2c(c1)CCN2C(=O)c1cnccn1. The van der Waals surface area contributed by atoms with Crippen LogP contribution in [0.3, 0.4) is 0 Å². The number of aromatic nitrogens is 2. The first-order chi connectivity index (χ1) is 8.75. The van der Waals surface area contributed by atoms with Crippen molar-refractivity contribution in [3.8, 4) is 0 Å². The van der Waals surface area contributed by atoms with Gasteiger partial charge in [-0.15, -0.1) is 0 Å². The van der Waals surface area contributed by atoms with E-state index in [4.69, 9.17) is 0 Å². The van der Waals surface area contributed by atoms with E-state index in [1.807, 2.05) is 12.1 Å². The second-order valence-electron chi connectivity index (χ2n) is 4.43. The number of rotatable bonds is 1. The zero-order chi connectivity index (χ0) is 12.5. The monoisotopic (exact) mass is 239 g/mol. The van der Waals surface area contributed by atoms with Crippen LogP contribution in [0.2, 0.25) is 0 Å². The van der Waals surface area contributed by atoms with E-state index in [0.717, 1.165) is 12.1 Å². The number of aryl methyl sites for hydroxylation is 1. The third kappa shape index (κ3) is 1.76. The highest BCUT2D eigenvalue weighted by Gasteiger charge is 2.26. The Labute approximate surface area is 105 Å². The molecule has 1 aliphatic rings. The van der Waals surface area contributed by atoms with E-state index >= 15 is 0 Å². The number of hydrogen-bond acceptors (Lipinski definition) is 3. The van der Waals surface area contributed by atoms with Gasteiger partial charge in [-0.3, -0.25) is 9.78 Å². The largest absolute Gasteiger partial charge is 0.306 e. The Hall–Kier alpha value is -2.23. The minimum Gasteiger partial charge on any atom is -0.306 e. The third-order valence-electron chi connectivity index (χ3n) is 3.16. The minimum absolute atomic E-state index is 0.0781. The Bertz CT molecular complexity index is 595. The number of anilines is 1. The molecule has 0 spiro atoms. The lowest BCUT2D eigenvalue weighted by Gasteiger charge is -2.16. The van der Waals surface area contributed by atoms with Crippen molar-refractivity contribution < 1.29 is 4.79 Å². The maximum absolute atomic E-state index is 12.3. The van der Waals surface area contributed by atoms with Gasteiger partial charge in [0.2, 0.25) is 0 Å². The average Bonchev–Trinajstić information content (AvgIpc) is 2.81. The molecule has 2 heterocycles. The number of fused-ring (bicyclic) bond motifs is 1. The predicted octanol–water partition coefficient (Wildman–Crippen LogP) is 1.99. The molecule has 0 fully saturated rings. The van der Waals surface area contributed by atoms with E-state index in [1.54, 1.807) is 17.3 Å². The molecular formula is C14H13N3O. The van der Waals surface area contributed by atoms with Crippen molar-refractivity contribution in [2.45, 2.75) is 13.3 Å². The minimum atomic E-state index is -0.0781. The van der Waals surface area contributed by atoms with Crippen LogP contribution in [0.5, 0.6) is 0 Å². The summed E-state index contributed by atoms with van der Waals surface area (Å²) in [7, 11) is 0. The number of amides is 1. The molecule has 0 saturated carbocycles. The third-order valence-corrected chi connectivity index (χ3v) is 3.16. The van der Waals surface area contributed by atoms with Gasteiger partial charge in [0.05, 0.1) is 6.20 Å². The fourth-order valence-electron chi connectivity index (χ4n) is 2.29. The highest BCUT2D eigenvalue weighted by molar-refractivity contribution is 6.05. The van der Waals surface area contributed by atoms with E-state index in [2.05, 4.69) is 23.0 Å². The quantitative estimate of drug-likeness (QED) is 0.764. The molecule has 0 saturated heterocycles. The van der Waals surface area contributed by atoms with Crippen molar-refractivity contribution in [2.75, 3.05) is 11.4 Å². The summed E-state index contributed by atoms with van der Waals surface area (Å²) in [5, 5.41) is 0. The van der Waals surface area contributed by atoms with Gasteiger partial charge >= 0.3 is 0 Å². The second kappa shape index (κ2) is 4.22. The Morgan fingerprint density at radius 3 is 3.00 bits per heavy atom. The van der Waals surface area contributed by atoms with Gasteiger partial charge in [-0.25, -0.2) is 4.98 Å². The summed E-state index contributed by atoms with van der Waals surface area (Å²) in [6.07, 6.45) is 5.52. The van der Waals surface area contributed by atoms with Crippen LogP contribution >= 0.6 is 0 Å². The zero-order valence-electron chi connectivity index (χ0n) is 10.1. The molecule has 4 nitrogen and oxygen atoms in total. The molecule has 1 aliphatic heterocycles. The number of carbonyl (C=O) groups excluding carboxylic acids is 1. The lowest BCUT2D eigenvalue weighted by molar-refractivity contribution is 0.0984. The normalized spacial score (nSPS) is 13.5. The lowest BCUT2D eigenvalue weighted by atomic mass is 10.1. The van der Waals surface area contributed by atoms with Crippen molar-refractivity contribution in [1.29, 1.82) is 0 Å². The first-order valence-electron chi connectivity index (χ1n) is 5.93. The van der Waals surface area contributed by atoms with Gasteiger partial charge in [0.15, 0.2) is 0 Å². The molecule has 0 unspecified atom stereocenters. The van der Waals surface area contributed by atoms with Gasteiger partial charge in [0, 0.05) is 24.6 Å². The molecular weight excluding hydrogens is 226 g/mol. The molecule has 0 aliphatic carbocycles. The predicted molar refractivity (Wildman–Crippen MR) is 68.6 cm³/mol. The van der Waals surface area contributed by atoms with Crippen LogP contribution in [0.15, 0.2) is 36.8 Å². The van der Waals surface area contributed by atoms with Gasteiger partial charge in [-0.2, -0.15) is 0 Å². The van der Waals surface area contributed by atoms with Gasteiger partial charge in [-0.05, 0) is 25.0 Å². The van der Waals surface area contributed by atoms with Crippen LogP contribution in [-0.2, 0) is 6.42 Å². The fourth-order valence-corrected chi connectivity index (χ4v) is 2.29. The van der Waals surface area contributed by atoms with E-state index in [1.165, 1.54) is 17.3 Å². The maximum atomic E-state index is 12.3. The average molecular weight is 239 g/mol. The molecule has 1 aromatic heterocycles. The van der Waals surface area contributed by atoms with Gasteiger partial charge < -0.3 is 4.90 Å². The number of carbonyl (C=O) groups is 1. The first-order valence-corrected chi connectivity index (χ1v) is 5.93. The van der Waals surface area contributed by atoms with Crippen LogP contribution in [0.4, 0.5) is 5.69 Å². The molecule has 18 heavy (non-hydrogen) atoms. The van der Waals surface area contributed by atoms with Crippen molar-refractivity contribution >= 4 is 11.6 Å². The van der Waals surface area contributed by atoms with Gasteiger partial charge in [-0.1, -0.05) is 17.7 Å². The lowest BCUT2D eigenvalue weighted by Crippen LogP contribution is -2.29. The summed E-state index contributed by atoms with van der Waals surface area (Å²) in [6, 6.07) is 6.17. The molecule has 90 valence electrons. The van der Waals surface area contributed by atoms with Crippen LogP contribution in [0.25, 0.3) is 0 Å². The van der Waals surface area contributed by atoms with Crippen molar-refractivity contribution in [3.63, 3.8) is 0 Å². The molecule has 0 atom stereocenters. The standard InChI is InChI=1S/C14H13N3O/c1-10-2-3-13-11(8-10)4-7-17(13)14(18)12-9-15-5-6-16-12/h2-3,5-6,8-9H,4,7H2,1H3. The highest BCUT2D eigenvalue weighted by atomic mass is 16.2. The molecule has 0 bridgehead atoms. The van der Waals surface area contributed by atoms with E-state index in [0.29, 0.717) is 12.2 Å². The molecule has 1 amide bonds. The molecule has 1 aromatic carbocycles. The summed E-state index contributed by atoms with van der Waals surface area (Å²) < 4.78 is 0. The van der Waals surface area contributed by atoms with E-state index in [-0.39, 0.29) is 5.91 Å². The van der Waals surface area contributed by atoms with Gasteiger partial charge in [0.25, 0.3) is 5.91 Å². The van der Waals surface area contributed by atoms with E-state index < -0.39 is 0 Å². The molecule has 0 N–H and O–H groups in total. The Balaban J connectivity index is 1.95.